The molecule has 3 rings (SSSR count). The van der Waals surface area contributed by atoms with Crippen molar-refractivity contribution in [3.63, 3.8) is 0 Å². The Morgan fingerprint density at radius 2 is 0.713 bits per heavy atom. The van der Waals surface area contributed by atoms with Gasteiger partial charge in [0, 0.05) is 87.7 Å². The number of carbonyl (C=O) groups excluding carboxylic acids is 6. The van der Waals surface area contributed by atoms with Crippen LogP contribution in [-0.4, -0.2) is 173 Å². The minimum atomic E-state index is -0.647. The van der Waals surface area contributed by atoms with Gasteiger partial charge in [-0.05, 0) is 229 Å². The van der Waals surface area contributed by atoms with Gasteiger partial charge in [0.1, 0.15) is 55.9 Å². The molecule has 0 aliphatic carbocycles. The molecular weight excluding hydrogens is 1240 g/mol. The first-order chi connectivity index (χ1) is 44.9. The Labute approximate surface area is 561 Å². The highest BCUT2D eigenvalue weighted by atomic mass is 32.1. The Morgan fingerprint density at radius 1 is 0.426 bits per heavy atom. The zero-order valence-electron chi connectivity index (χ0n) is 57.4. The highest BCUT2D eigenvalue weighted by molar-refractivity contribution is 7.78. The molecule has 0 saturated heterocycles. The highest BCUT2D eigenvalue weighted by Gasteiger charge is 2.32. The van der Waals surface area contributed by atoms with E-state index in [0.29, 0.717) is 81.8 Å². The first-order valence-corrected chi connectivity index (χ1v) is 32.4. The van der Waals surface area contributed by atoms with Crippen molar-refractivity contribution < 1.29 is 112 Å². The number of hydrogen-bond donors (Lipinski definition) is 8. The Bertz CT molecular complexity index is 2570. The van der Waals surface area contributed by atoms with E-state index >= 15 is 0 Å². The van der Waals surface area contributed by atoms with E-state index in [1.54, 1.807) is 33.5 Å². The maximum atomic E-state index is 12.7. The summed E-state index contributed by atoms with van der Waals surface area (Å²) in [5.41, 5.74) is 6.62. The number of thiol groups is 1. The molecule has 3 aromatic rings. The third kappa shape index (κ3) is 35.8. The topological polar surface area (TPSA) is 337 Å². The normalized spacial score (nSPS) is 11.9. The Kier molecular flexibility index (Phi) is 45.6. The Balaban J connectivity index is 0.000000705. The zero-order valence-corrected chi connectivity index (χ0v) is 58.3. The van der Waals surface area contributed by atoms with E-state index in [2.05, 4.69) is 17.5 Å². The fourth-order valence-electron chi connectivity index (χ4n) is 11.0. The molecule has 0 spiro atoms. The molecule has 0 aromatic heterocycles. The fourth-order valence-corrected chi connectivity index (χ4v) is 11.1. The first-order valence-electron chi connectivity index (χ1n) is 32.0. The molecule has 0 bridgehead atoms. The lowest BCUT2D eigenvalue weighted by molar-refractivity contribution is -0.143. The number of methoxy groups -OCH3 is 3. The van der Waals surface area contributed by atoms with Crippen LogP contribution in [0.4, 0.5) is 4.79 Å². The molecule has 7 N–H and O–H groups in total. The van der Waals surface area contributed by atoms with Crippen molar-refractivity contribution in [1.29, 1.82) is 0 Å². The lowest BCUT2D eigenvalue weighted by Gasteiger charge is -2.34. The van der Waals surface area contributed by atoms with E-state index in [1.807, 2.05) is 65.8 Å². The third-order valence-corrected chi connectivity index (χ3v) is 15.8. The van der Waals surface area contributed by atoms with Crippen LogP contribution in [0.15, 0.2) is 36.4 Å². The predicted octanol–water partition coefficient (Wildman–Crippen LogP) is 8.70. The molecule has 0 aliphatic heterocycles. The Morgan fingerprint density at radius 3 is 0.989 bits per heavy atom. The van der Waals surface area contributed by atoms with Crippen LogP contribution in [-0.2, 0) is 81.7 Å². The molecule has 1 amide bonds. The second-order valence-corrected chi connectivity index (χ2v) is 23.8. The van der Waals surface area contributed by atoms with Crippen molar-refractivity contribution in [2.45, 2.75) is 190 Å². The molecule has 0 fully saturated rings. The number of nitrogens with one attached hydrogen (secondary N) is 1. The summed E-state index contributed by atoms with van der Waals surface area (Å²) in [5, 5.41) is 55.7. The van der Waals surface area contributed by atoms with E-state index < -0.39 is 12.1 Å². The zero-order chi connectivity index (χ0) is 70.5. The third-order valence-electron chi connectivity index (χ3n) is 15.6. The molecule has 0 aliphatic rings. The van der Waals surface area contributed by atoms with Crippen molar-refractivity contribution >= 4 is 48.8 Å². The first kappa shape index (κ1) is 86.2. The molecule has 3 aromatic carbocycles. The van der Waals surface area contributed by atoms with Gasteiger partial charge in [0.05, 0.1) is 26.4 Å². The van der Waals surface area contributed by atoms with E-state index in [1.165, 1.54) is 13.8 Å². The van der Waals surface area contributed by atoms with Crippen LogP contribution >= 0.6 is 12.8 Å². The smallest absolute Gasteiger partial charge is 0.417 e. The van der Waals surface area contributed by atoms with Crippen molar-refractivity contribution in [2.24, 2.45) is 10.8 Å². The number of benzene rings is 3. The van der Waals surface area contributed by atoms with Gasteiger partial charge in [-0.3, -0.25) is 23.9 Å². The van der Waals surface area contributed by atoms with Crippen LogP contribution in [0.5, 0.6) is 17.2 Å². The molecule has 0 radical (unpaired) electrons. The molecular formula is C69H109NO23S. The largest absolute Gasteiger partial charge is 0.461 e. The van der Waals surface area contributed by atoms with Gasteiger partial charge < -0.3 is 82.7 Å². The predicted molar refractivity (Wildman–Crippen MR) is 354 cm³/mol. The number of ether oxygens (including phenoxy) is 11. The monoisotopic (exact) mass is 1350 g/mol. The lowest BCUT2D eigenvalue weighted by Crippen LogP contribution is -2.30. The number of aliphatic hydroxyl groups excluding tert-OH is 6. The van der Waals surface area contributed by atoms with Gasteiger partial charge in [-0.1, -0.05) is 12.8 Å². The number of rotatable bonds is 45. The standard InChI is InChI=1S/C24H38O7.C23H37NO7S.C22H34O9/c1-18-15-21(17-30-20(3)28)16-19(2)23(18)31-22(29)7-11-24(8-4-12-25,9-5-13-26)10-6-14-27;1-17-14-19(16-30-22(29)24-32)15-18(2)21(17)31-20(28)6-10-23(7-3-11-25,8-4-12-26)9-5-13-27;1-15-7-18(9-30-17(3)23)8-16(2)22(15)31-21(24)14-29-13-20(27-6)12-28-11-19(26-5)10-25-4/h15-16,25-27H,4-14,17H2,1-3H3;14-15,25-27,32H,3-13,16H2,1-2H3,(H,24,29);7-8,19-20H,9-14H2,1-6H3. The number of amides is 1. The van der Waals surface area contributed by atoms with Crippen LogP contribution in [0, 0.1) is 52.4 Å². The average Bonchev–Trinajstić information content (AvgIpc) is 0.944. The van der Waals surface area contributed by atoms with Gasteiger partial charge in [0.15, 0.2) is 0 Å². The summed E-state index contributed by atoms with van der Waals surface area (Å²) in [4.78, 5) is 70.7. The quantitative estimate of drug-likeness (QED) is 0.0113. The second-order valence-electron chi connectivity index (χ2n) is 23.5. The summed E-state index contributed by atoms with van der Waals surface area (Å²) in [6, 6.07) is 10.9. The van der Waals surface area contributed by atoms with Gasteiger partial charge in [0.2, 0.25) is 0 Å². The van der Waals surface area contributed by atoms with Gasteiger partial charge >= 0.3 is 35.9 Å². The average molecular weight is 1350 g/mol. The van der Waals surface area contributed by atoms with Crippen molar-refractivity contribution in [3.8, 4) is 17.2 Å². The number of aliphatic hydroxyl groups is 6. The van der Waals surface area contributed by atoms with E-state index in [4.69, 9.17) is 52.1 Å². The van der Waals surface area contributed by atoms with Gasteiger partial charge in [0.25, 0.3) is 0 Å². The van der Waals surface area contributed by atoms with Gasteiger partial charge in [-0.15, -0.1) is 0 Å². The van der Waals surface area contributed by atoms with Crippen LogP contribution in [0.3, 0.4) is 0 Å². The minimum Gasteiger partial charge on any atom is -0.461 e. The van der Waals surface area contributed by atoms with Gasteiger partial charge in [-0.25, -0.2) is 9.59 Å². The summed E-state index contributed by atoms with van der Waals surface area (Å²) in [6.07, 6.45) is 8.49. The highest BCUT2D eigenvalue weighted by Crippen LogP contribution is 2.42. The number of hydrogen-bond acceptors (Lipinski definition) is 24. The maximum absolute atomic E-state index is 12.7. The number of aryl methyl sites for hydroxylation is 6. The van der Waals surface area contributed by atoms with Crippen LogP contribution in [0.25, 0.3) is 0 Å². The fraction of sp³-hybridized carbons (Fsp3) is 0.652. The summed E-state index contributed by atoms with van der Waals surface area (Å²) in [6.45, 7) is 15.6. The van der Waals surface area contributed by atoms with Crippen molar-refractivity contribution in [2.75, 3.05) is 94.0 Å². The summed E-state index contributed by atoms with van der Waals surface area (Å²) >= 11 is 3.63. The summed E-state index contributed by atoms with van der Waals surface area (Å²) < 4.78 is 60.5. The van der Waals surface area contributed by atoms with Crippen LogP contribution in [0.2, 0.25) is 0 Å². The molecule has 2 atom stereocenters. The van der Waals surface area contributed by atoms with E-state index in [-0.39, 0.29) is 139 Å². The Hall–Kier alpha value is -5.81. The second kappa shape index (κ2) is 49.7. The number of carbonyl (C=O) groups is 6. The summed E-state index contributed by atoms with van der Waals surface area (Å²) in [7, 11) is 4.73. The number of esters is 5. The van der Waals surface area contributed by atoms with Crippen molar-refractivity contribution in [1.82, 2.24) is 4.72 Å². The molecule has 94 heavy (non-hydrogen) atoms. The van der Waals surface area contributed by atoms with Crippen LogP contribution < -0.4 is 18.9 Å². The van der Waals surface area contributed by atoms with E-state index in [9.17, 15) is 59.4 Å². The molecule has 25 heteroatoms. The van der Waals surface area contributed by atoms with Crippen molar-refractivity contribution in [3.05, 3.63) is 86.5 Å². The van der Waals surface area contributed by atoms with E-state index in [0.717, 1.165) is 88.6 Å². The molecule has 2 unspecified atom stereocenters. The van der Waals surface area contributed by atoms with Gasteiger partial charge in [-0.2, -0.15) is 0 Å². The summed E-state index contributed by atoms with van der Waals surface area (Å²) in [5.74, 6) is -0.428. The molecule has 0 saturated carbocycles. The minimum absolute atomic E-state index is 0.0640. The maximum Gasteiger partial charge on any atom is 0.417 e. The molecule has 534 valence electrons. The molecule has 24 nitrogen and oxygen atoms in total. The SMILES string of the molecule is CC(=O)OCc1cc(C)c(OC(=O)CCC(CCCO)(CCCO)CCCO)c(C)c1.COCC(COCC(COCC(=O)Oc1c(C)cc(COC(C)=O)cc1C)OC)OC.Cc1cc(COC(=O)NS)cc(C)c1OC(=O)CCC(CCCO)(CCCO)CCCO. The lowest BCUT2D eigenvalue weighted by atomic mass is 9.72. The van der Waals surface area contributed by atoms with Crippen LogP contribution in [0.1, 0.15) is 167 Å². The molecule has 0 heterocycles.